The number of hydrogen-bond acceptors (Lipinski definition) is 13. The summed E-state index contributed by atoms with van der Waals surface area (Å²) in [6.07, 6.45) is 35.8. The van der Waals surface area contributed by atoms with Gasteiger partial charge in [0.1, 0.15) is 17.2 Å². The minimum atomic E-state index is -6.85. The van der Waals surface area contributed by atoms with Crippen LogP contribution in [0.25, 0.3) is 11.1 Å². The van der Waals surface area contributed by atoms with E-state index in [1.54, 1.807) is 29.9 Å². The van der Waals surface area contributed by atoms with Gasteiger partial charge in [-0.15, -0.1) is 20.6 Å². The predicted molar refractivity (Wildman–Crippen MR) is 453 cm³/mol. The molecule has 6 aromatic carbocycles. The molecule has 4 N–H and O–H groups in total. The molecule has 12 unspecified atom stereocenters. The highest BCUT2D eigenvalue weighted by Gasteiger charge is 2.58. The number of aryl methyl sites for hydroxylation is 4. The van der Waals surface area contributed by atoms with Crippen LogP contribution >= 0.6 is 17.0 Å². The van der Waals surface area contributed by atoms with Crippen LogP contribution in [-0.4, -0.2) is 82.2 Å². The van der Waals surface area contributed by atoms with Gasteiger partial charge in [0.2, 0.25) is 0 Å². The monoisotopic (exact) mass is 1880 g/mol. The van der Waals surface area contributed by atoms with Gasteiger partial charge in [-0.05, 0) is 321 Å². The van der Waals surface area contributed by atoms with Gasteiger partial charge in [-0.2, -0.15) is 64.8 Å². The number of rotatable bonds is 15. The first-order valence-corrected chi connectivity index (χ1v) is 45.0. The molecule has 0 radical (unpaired) electrons. The minimum absolute atomic E-state index is 0. The number of methoxy groups -OCH3 is 1. The number of carboxylic acids is 1. The maximum absolute atomic E-state index is 13.6. The number of alkyl halides is 9. The molecule has 34 heteroatoms. The van der Waals surface area contributed by atoms with Gasteiger partial charge in [-0.3, -0.25) is 4.79 Å². The van der Waals surface area contributed by atoms with Crippen LogP contribution in [0.4, 0.5) is 65.9 Å². The summed E-state index contributed by atoms with van der Waals surface area (Å²) in [6, 6.07) is 26.7. The molecule has 4 saturated carbocycles. The normalized spacial score (nSPS) is 22.8. The van der Waals surface area contributed by atoms with Crippen molar-refractivity contribution in [2.75, 3.05) is 7.11 Å². The highest BCUT2D eigenvalue weighted by molar-refractivity contribution is 8.93. The maximum Gasteiger partial charge on any atom is 0.534 e. The number of hydrogen-bond donors (Lipinski definition) is 4. The molecule has 0 aromatic heterocycles. The third kappa shape index (κ3) is 29.2. The summed E-state index contributed by atoms with van der Waals surface area (Å²) in [5, 5.41) is 33.9. The van der Waals surface area contributed by atoms with Crippen molar-refractivity contribution in [3.05, 3.63) is 176 Å². The number of ether oxygens (including phenoxy) is 1. The average Bonchev–Trinajstić information content (AvgIpc) is 0.790. The Balaban J connectivity index is 0.000000310. The summed E-state index contributed by atoms with van der Waals surface area (Å²) in [5.74, 6) is 1.78. The molecule has 6 aromatic rings. The Morgan fingerprint density at radius 3 is 1.02 bits per heavy atom. The molecule has 0 saturated heterocycles. The zero-order valence-corrected chi connectivity index (χ0v) is 71.9. The van der Waals surface area contributed by atoms with E-state index < -0.39 is 100 Å². The standard InChI is InChI=1S/C23H25F3.C18H23F3O3S.C18H26O.C17H24O.C6H4BF3O2.C2F6O5S2.C2H4O2.3CH4.BrH/c1-2-3-14-4-8-19-16(10-14)5-6-17-11-15(7-9-20(17)19)18-12-21(24)23(26)22(25)13-18;1-2-3-12-4-8-16-13(10-12)5-6-14-11-15(7-9-17(14)16)24-25(22,23)18(19,20)21;1-3-4-13-5-9-17-14(11-13)6-7-15-12-16(19-2)8-10-18(15)17;1-2-3-12-4-8-16-13(10-12)5-6-14-11-15(18)7-9-17(14)16;8-4-1-3(7(11)12)2-5(9)6(4)10;3-1(4,5)14(9,10)13-15(11,12)2(6,7)8;1-2(3)4;;;;/h7,9,11-14,16,19H,2-6,8,10H2,1H3;7,9,11-13,16H,2-6,8,10H2,1H3;8,10,12-14,17H,3-7,9,11H2,1-2H3;7,9,11-13,16,18H,2-6,8,10H2,1H3;1-2,11-12H;;1H3,(H,3,4);3*1H4;1H. The lowest BCUT2D eigenvalue weighted by atomic mass is 9.64. The van der Waals surface area contributed by atoms with Crippen LogP contribution in [0, 0.1) is 82.2 Å². The van der Waals surface area contributed by atoms with Crippen LogP contribution in [0.5, 0.6) is 17.2 Å². The second kappa shape index (κ2) is 47.5. The second-order valence-corrected chi connectivity index (χ2v) is 37.3. The Kier molecular flexibility index (Phi) is 42.0. The lowest BCUT2D eigenvalue weighted by molar-refractivity contribution is -0.134. The second-order valence-electron chi connectivity index (χ2n) is 32.5. The molecule has 4 fully saturated rings. The summed E-state index contributed by atoms with van der Waals surface area (Å²) in [4.78, 5) is 9.00. The van der Waals surface area contributed by atoms with E-state index >= 15 is 0 Å². The molecule has 8 aliphatic carbocycles. The molecule has 8 aliphatic rings. The zero-order chi connectivity index (χ0) is 87.9. The molecule has 692 valence electrons. The van der Waals surface area contributed by atoms with E-state index in [1.165, 1.54) is 183 Å². The van der Waals surface area contributed by atoms with Crippen LogP contribution in [0.15, 0.2) is 97.1 Å². The number of fused-ring (bicyclic) bond motifs is 12. The van der Waals surface area contributed by atoms with Gasteiger partial charge >= 0.3 is 54.0 Å². The Hall–Kier alpha value is -6.59. The zero-order valence-electron chi connectivity index (χ0n) is 67.7. The van der Waals surface area contributed by atoms with E-state index in [0.717, 1.165) is 120 Å². The Morgan fingerprint density at radius 1 is 0.415 bits per heavy atom. The molecule has 14 nitrogen and oxygen atoms in total. The number of phenols is 1. The molecule has 0 heterocycles. The van der Waals surface area contributed by atoms with Gasteiger partial charge in [0.15, 0.2) is 34.9 Å². The third-order valence-corrected chi connectivity index (χ3v) is 28.0. The molecule has 12 atom stereocenters. The summed E-state index contributed by atoms with van der Waals surface area (Å²) in [5.41, 5.74) is -6.27. The lowest BCUT2D eigenvalue weighted by Crippen LogP contribution is -2.34. The fourth-order valence-electron chi connectivity index (χ4n) is 19.3. The molecule has 0 amide bonds. The van der Waals surface area contributed by atoms with Gasteiger partial charge in [-0.25, -0.2) is 26.3 Å². The number of phenolic OH excluding ortho intramolecular Hbond substituents is 1. The van der Waals surface area contributed by atoms with Crippen LogP contribution in [0.1, 0.15) is 279 Å². The van der Waals surface area contributed by atoms with E-state index in [9.17, 15) is 96.2 Å². The molecule has 123 heavy (non-hydrogen) atoms. The first-order chi connectivity index (χ1) is 55.8. The predicted octanol–water partition coefficient (Wildman–Crippen LogP) is 24.8. The summed E-state index contributed by atoms with van der Waals surface area (Å²) >= 11 is 0. The lowest BCUT2D eigenvalue weighted by Gasteiger charge is -2.40. The fraction of sp³-hybridized carbons (Fsp3) is 0.584. The van der Waals surface area contributed by atoms with E-state index in [4.69, 9.17) is 24.7 Å². The van der Waals surface area contributed by atoms with Gasteiger partial charge in [0.05, 0.1) is 7.11 Å². The maximum atomic E-state index is 13.6. The van der Waals surface area contributed by atoms with Crippen molar-refractivity contribution in [2.45, 2.75) is 277 Å². The summed E-state index contributed by atoms with van der Waals surface area (Å²) in [7, 11) is -19.5. The van der Waals surface area contributed by atoms with E-state index in [0.29, 0.717) is 41.2 Å². The number of carbonyl (C=O) groups is 1. The van der Waals surface area contributed by atoms with Crippen molar-refractivity contribution in [1.29, 1.82) is 0 Å². The largest absolute Gasteiger partial charge is 0.534 e. The highest BCUT2D eigenvalue weighted by Crippen LogP contribution is 2.53. The number of aromatic hydroxyl groups is 1. The molecular weight excluding hydrogens is 1760 g/mol. The van der Waals surface area contributed by atoms with Gasteiger partial charge < -0.3 is 29.2 Å². The third-order valence-electron chi connectivity index (χ3n) is 24.5. The van der Waals surface area contributed by atoms with E-state index in [1.807, 2.05) is 21.8 Å². The summed E-state index contributed by atoms with van der Waals surface area (Å²) in [6.45, 7) is 10.2. The quantitative estimate of drug-likeness (QED) is 0.0247. The van der Waals surface area contributed by atoms with E-state index in [2.05, 4.69) is 68.3 Å². The molecule has 0 bridgehead atoms. The van der Waals surface area contributed by atoms with E-state index in [-0.39, 0.29) is 45.0 Å². The van der Waals surface area contributed by atoms with Crippen molar-refractivity contribution >= 4 is 65.9 Å². The molecule has 0 spiro atoms. The first kappa shape index (κ1) is 109. The Bertz CT molecular complexity index is 4660. The van der Waals surface area contributed by atoms with Crippen LogP contribution in [-0.2, 0) is 64.5 Å². The minimum Gasteiger partial charge on any atom is -0.508 e. The number of benzene rings is 6. The molecular formula is C89H119BBrF15O14S3. The van der Waals surface area contributed by atoms with Crippen molar-refractivity contribution in [3.8, 4) is 28.4 Å². The molecule has 14 rings (SSSR count). The van der Waals surface area contributed by atoms with Gasteiger partial charge in [-0.1, -0.05) is 138 Å². The number of aliphatic carboxylic acids is 1. The Labute approximate surface area is 726 Å². The topological polar surface area (TPSA) is 228 Å². The van der Waals surface area contributed by atoms with Crippen molar-refractivity contribution < 1.29 is 129 Å². The van der Waals surface area contributed by atoms with Crippen molar-refractivity contribution in [2.24, 2.45) is 47.3 Å². The number of carboxylic acid groups (broad SMARTS) is 1. The van der Waals surface area contributed by atoms with Crippen molar-refractivity contribution in [1.82, 2.24) is 0 Å². The van der Waals surface area contributed by atoms with Crippen LogP contribution < -0.4 is 14.4 Å². The van der Waals surface area contributed by atoms with Gasteiger partial charge in [0.25, 0.3) is 5.97 Å². The Morgan fingerprint density at radius 2 is 0.707 bits per heavy atom. The molecule has 0 aliphatic heterocycles. The highest BCUT2D eigenvalue weighted by atomic mass is 79.9. The van der Waals surface area contributed by atoms with Gasteiger partial charge in [0, 0.05) is 6.92 Å². The summed E-state index contributed by atoms with van der Waals surface area (Å²) < 4.78 is 257. The van der Waals surface area contributed by atoms with Crippen LogP contribution in [0.2, 0.25) is 0 Å². The first-order valence-electron chi connectivity index (χ1n) is 40.8. The smallest absolute Gasteiger partial charge is 0.508 e. The SMILES string of the molecule is Br.C.C.C.CC(=O)O.CCCC1CCC2c3ccc(-c4cc(F)c(F)c(F)c4)cc3CCC2C1.CCCC1CCC2c3ccc(O)cc3CCC2C1.CCCC1CCC2c3ccc(OC)cc3CCC2C1.CCCC1CCC2c3ccc(OS(=O)(=O)C(F)(F)F)cc3CCC2C1.O=S(=O)(OS(=O)(=O)C(F)(F)F)C(F)(F)F.OB(O)c1cc(F)c(F)c(F)c1. The van der Waals surface area contributed by atoms with Crippen LogP contribution in [0.3, 0.4) is 0 Å². The fourth-order valence-corrected chi connectivity index (χ4v) is 21.3. The number of halogens is 16. The average molecular weight is 1880 g/mol. The van der Waals surface area contributed by atoms with Crippen molar-refractivity contribution in [3.63, 3.8) is 0 Å².